The van der Waals surface area contributed by atoms with Crippen molar-refractivity contribution in [3.8, 4) is 67.3 Å². The average Bonchev–Trinajstić information content (AvgIpc) is 3.51. The van der Waals surface area contributed by atoms with Gasteiger partial charge in [-0.3, -0.25) is 0 Å². The third-order valence-corrected chi connectivity index (χ3v) is 12.1. The zero-order chi connectivity index (χ0) is 38.1. The molecule has 0 saturated carbocycles. The van der Waals surface area contributed by atoms with E-state index in [0.717, 1.165) is 28.1 Å². The minimum Gasteiger partial charge on any atom is -0.228 e. The number of aromatic nitrogens is 2. The molecule has 0 radical (unpaired) electrons. The molecule has 11 rings (SSSR count). The Morgan fingerprint density at radius 2 is 0.930 bits per heavy atom. The fourth-order valence-electron chi connectivity index (χ4n) is 9.21. The summed E-state index contributed by atoms with van der Waals surface area (Å²) in [6.07, 6.45) is 0. The van der Waals surface area contributed by atoms with Crippen molar-refractivity contribution in [3.05, 3.63) is 205 Å². The Balaban J connectivity index is 1.08. The molecule has 1 aliphatic rings. The van der Waals surface area contributed by atoms with Crippen molar-refractivity contribution in [3.63, 3.8) is 0 Å². The highest BCUT2D eigenvalue weighted by Crippen LogP contribution is 2.52. The molecule has 0 bridgehead atoms. The van der Waals surface area contributed by atoms with Gasteiger partial charge >= 0.3 is 0 Å². The van der Waals surface area contributed by atoms with E-state index in [1.165, 1.54) is 76.8 Å². The molecule has 0 fully saturated rings. The maximum Gasteiger partial charge on any atom is 0.160 e. The lowest BCUT2D eigenvalue weighted by atomic mass is 9.82. The minimum absolute atomic E-state index is 0.109. The maximum atomic E-state index is 5.39. The van der Waals surface area contributed by atoms with Crippen LogP contribution in [0.1, 0.15) is 25.0 Å². The molecule has 9 aromatic carbocycles. The van der Waals surface area contributed by atoms with Crippen molar-refractivity contribution in [2.24, 2.45) is 0 Å². The number of benzene rings is 9. The summed E-state index contributed by atoms with van der Waals surface area (Å²) >= 11 is 0. The van der Waals surface area contributed by atoms with E-state index in [9.17, 15) is 0 Å². The first kappa shape index (κ1) is 33.2. The Bertz CT molecular complexity index is 3180. The summed E-state index contributed by atoms with van der Waals surface area (Å²) in [5, 5.41) is 7.52. The van der Waals surface area contributed by atoms with Crippen molar-refractivity contribution in [1.82, 2.24) is 9.97 Å². The highest BCUT2D eigenvalue weighted by atomic mass is 14.9. The second kappa shape index (κ2) is 13.0. The molecule has 2 heteroatoms. The topological polar surface area (TPSA) is 25.8 Å². The van der Waals surface area contributed by atoms with Gasteiger partial charge in [0.15, 0.2) is 5.82 Å². The zero-order valence-electron chi connectivity index (χ0n) is 31.9. The lowest BCUT2D eigenvalue weighted by Gasteiger charge is -2.21. The lowest BCUT2D eigenvalue weighted by Crippen LogP contribution is -2.14. The van der Waals surface area contributed by atoms with Gasteiger partial charge in [0.2, 0.25) is 0 Å². The van der Waals surface area contributed by atoms with Gasteiger partial charge in [0, 0.05) is 22.1 Å². The summed E-state index contributed by atoms with van der Waals surface area (Å²) in [4.78, 5) is 10.7. The summed E-state index contributed by atoms with van der Waals surface area (Å²) in [6, 6.07) is 70.1. The van der Waals surface area contributed by atoms with Crippen molar-refractivity contribution in [2.75, 3.05) is 0 Å². The third kappa shape index (κ3) is 5.40. The van der Waals surface area contributed by atoms with Crippen LogP contribution in [-0.2, 0) is 5.41 Å². The van der Waals surface area contributed by atoms with Gasteiger partial charge in [-0.25, -0.2) is 9.97 Å². The molecular formula is C55H38N2. The number of rotatable bonds is 5. The molecule has 1 aliphatic carbocycles. The van der Waals surface area contributed by atoms with Gasteiger partial charge in [-0.15, -0.1) is 0 Å². The Labute approximate surface area is 332 Å². The molecule has 0 unspecified atom stereocenters. The quantitative estimate of drug-likeness (QED) is 0.130. The molecule has 10 aromatic rings. The highest BCUT2D eigenvalue weighted by molar-refractivity contribution is 6.20. The van der Waals surface area contributed by atoms with E-state index in [0.29, 0.717) is 5.82 Å². The van der Waals surface area contributed by atoms with Crippen LogP contribution in [0.25, 0.3) is 99.6 Å². The van der Waals surface area contributed by atoms with Gasteiger partial charge in [0.1, 0.15) is 0 Å². The van der Waals surface area contributed by atoms with Crippen molar-refractivity contribution in [2.45, 2.75) is 19.3 Å². The highest BCUT2D eigenvalue weighted by Gasteiger charge is 2.36. The minimum atomic E-state index is -0.109. The van der Waals surface area contributed by atoms with E-state index < -0.39 is 0 Å². The summed E-state index contributed by atoms with van der Waals surface area (Å²) in [5.41, 5.74) is 14.9. The molecule has 0 amide bonds. The van der Waals surface area contributed by atoms with Crippen molar-refractivity contribution < 1.29 is 0 Å². The Kier molecular flexibility index (Phi) is 7.55. The average molecular weight is 727 g/mol. The molecule has 2 nitrogen and oxygen atoms in total. The Hall–Kier alpha value is -7.16. The van der Waals surface area contributed by atoms with Gasteiger partial charge < -0.3 is 0 Å². The second-order valence-corrected chi connectivity index (χ2v) is 15.7. The van der Waals surface area contributed by atoms with E-state index in [-0.39, 0.29) is 5.41 Å². The predicted octanol–water partition coefficient (Wildman–Crippen LogP) is 14.6. The number of fused-ring (bicyclic) bond motifs is 7. The summed E-state index contributed by atoms with van der Waals surface area (Å²) < 4.78 is 0. The summed E-state index contributed by atoms with van der Waals surface area (Å²) in [6.45, 7) is 4.66. The molecule has 1 aromatic heterocycles. The van der Waals surface area contributed by atoms with Crippen molar-refractivity contribution >= 4 is 32.3 Å². The van der Waals surface area contributed by atoms with Gasteiger partial charge in [-0.2, -0.15) is 0 Å². The van der Waals surface area contributed by atoms with E-state index >= 15 is 0 Å². The van der Waals surface area contributed by atoms with Gasteiger partial charge in [-0.1, -0.05) is 196 Å². The monoisotopic (exact) mass is 726 g/mol. The number of hydrogen-bond donors (Lipinski definition) is 0. The fraction of sp³-hybridized carbons (Fsp3) is 0.0545. The fourth-order valence-corrected chi connectivity index (χ4v) is 9.21. The smallest absolute Gasteiger partial charge is 0.160 e. The standard InChI is InChI=1S/C55H38N2/c1-55(2)48-21-11-10-19-45(48)53-46(20-12-22-49(53)55)51-34-50(38-25-23-36(24-26-38)35-13-4-3-5-14-35)56-54(57-51)40-29-27-39(28-30-40)52-43-18-9-7-16-41(43)33-47-42-17-8-6-15-37(42)31-32-44(47)52/h3-34H,1-2H3. The maximum absolute atomic E-state index is 5.39. The van der Waals surface area contributed by atoms with Crippen LogP contribution in [0.2, 0.25) is 0 Å². The Morgan fingerprint density at radius 3 is 1.75 bits per heavy atom. The van der Waals surface area contributed by atoms with Crippen LogP contribution < -0.4 is 0 Å². The van der Waals surface area contributed by atoms with E-state index in [4.69, 9.17) is 9.97 Å². The molecule has 0 saturated heterocycles. The second-order valence-electron chi connectivity index (χ2n) is 15.7. The van der Waals surface area contributed by atoms with Gasteiger partial charge in [0.25, 0.3) is 0 Å². The lowest BCUT2D eigenvalue weighted by molar-refractivity contribution is 0.660. The van der Waals surface area contributed by atoms with E-state index in [1.807, 2.05) is 0 Å². The molecule has 268 valence electrons. The largest absolute Gasteiger partial charge is 0.228 e. The Morgan fingerprint density at radius 1 is 0.333 bits per heavy atom. The van der Waals surface area contributed by atoms with Crippen molar-refractivity contribution in [1.29, 1.82) is 0 Å². The molecule has 0 spiro atoms. The van der Waals surface area contributed by atoms with Crippen LogP contribution in [0.3, 0.4) is 0 Å². The first-order valence-electron chi connectivity index (χ1n) is 19.7. The number of hydrogen-bond acceptors (Lipinski definition) is 2. The molecule has 0 N–H and O–H groups in total. The summed E-state index contributed by atoms with van der Waals surface area (Å²) in [5.74, 6) is 0.707. The first-order chi connectivity index (χ1) is 28.0. The molecular weight excluding hydrogens is 689 g/mol. The van der Waals surface area contributed by atoms with Crippen LogP contribution in [-0.4, -0.2) is 9.97 Å². The van der Waals surface area contributed by atoms with Gasteiger partial charge in [-0.05, 0) is 89.0 Å². The van der Waals surface area contributed by atoms with Crippen LogP contribution in [0, 0.1) is 0 Å². The molecule has 1 heterocycles. The summed E-state index contributed by atoms with van der Waals surface area (Å²) in [7, 11) is 0. The van der Waals surface area contributed by atoms with Crippen LogP contribution >= 0.6 is 0 Å². The third-order valence-electron chi connectivity index (χ3n) is 12.1. The first-order valence-corrected chi connectivity index (χ1v) is 19.7. The molecule has 57 heavy (non-hydrogen) atoms. The van der Waals surface area contributed by atoms with E-state index in [2.05, 4.69) is 208 Å². The van der Waals surface area contributed by atoms with Crippen LogP contribution in [0.5, 0.6) is 0 Å². The zero-order valence-corrected chi connectivity index (χ0v) is 31.9. The number of nitrogens with zero attached hydrogens (tertiary/aromatic N) is 2. The molecule has 0 aliphatic heterocycles. The van der Waals surface area contributed by atoms with Crippen LogP contribution in [0.4, 0.5) is 0 Å². The van der Waals surface area contributed by atoms with E-state index in [1.54, 1.807) is 0 Å². The SMILES string of the molecule is CC1(C)c2ccccc2-c2c(-c3cc(-c4ccc(-c5ccccc5)cc4)nc(-c4ccc(-c5c6ccccc6cc6c5ccc5ccccc56)cc4)n3)cccc21. The normalized spacial score (nSPS) is 12.9. The molecule has 0 atom stereocenters. The predicted molar refractivity (Wildman–Crippen MR) is 239 cm³/mol. The van der Waals surface area contributed by atoms with Crippen LogP contribution in [0.15, 0.2) is 194 Å². The van der Waals surface area contributed by atoms with Gasteiger partial charge in [0.05, 0.1) is 11.4 Å².